The van der Waals surface area contributed by atoms with Crippen LogP contribution in [0.15, 0.2) is 0 Å². The van der Waals surface area contributed by atoms with Gasteiger partial charge in [-0.05, 0) is 39.3 Å². The van der Waals surface area contributed by atoms with Gasteiger partial charge in [-0.3, -0.25) is 0 Å². The van der Waals surface area contributed by atoms with E-state index in [1.165, 1.54) is 23.6 Å². The van der Waals surface area contributed by atoms with Crippen molar-refractivity contribution in [1.82, 2.24) is 13.9 Å². The maximum atomic E-state index is 11.9. The van der Waals surface area contributed by atoms with Crippen molar-refractivity contribution in [3.63, 3.8) is 0 Å². The lowest BCUT2D eigenvalue weighted by Gasteiger charge is -2.33. The first-order chi connectivity index (χ1) is 9.01. The average molecular weight is 291 g/mol. The lowest BCUT2D eigenvalue weighted by molar-refractivity contribution is 0.159. The number of nitrogens with one attached hydrogen (secondary N) is 1. The Kier molecular flexibility index (Phi) is 7.28. The minimum absolute atomic E-state index is 0.523. The van der Waals surface area contributed by atoms with Gasteiger partial charge in [0.1, 0.15) is 0 Å². The summed E-state index contributed by atoms with van der Waals surface area (Å²) in [6, 6.07) is 0.646. The van der Waals surface area contributed by atoms with Crippen molar-refractivity contribution in [3.8, 4) is 0 Å². The summed E-state index contributed by atoms with van der Waals surface area (Å²) in [5.74, 6) is 0. The molecule has 0 aromatic carbocycles. The van der Waals surface area contributed by atoms with Gasteiger partial charge in [-0.2, -0.15) is 12.7 Å². The maximum absolute atomic E-state index is 11.9. The molecule has 1 aliphatic heterocycles. The fourth-order valence-corrected chi connectivity index (χ4v) is 3.89. The molecule has 1 rings (SSSR count). The van der Waals surface area contributed by atoms with Gasteiger partial charge in [0.05, 0.1) is 0 Å². The van der Waals surface area contributed by atoms with E-state index >= 15 is 0 Å². The van der Waals surface area contributed by atoms with E-state index in [0.717, 1.165) is 19.5 Å². The van der Waals surface area contributed by atoms with Gasteiger partial charge in [-0.25, -0.2) is 4.72 Å². The van der Waals surface area contributed by atoms with Crippen LogP contribution in [-0.4, -0.2) is 56.4 Å². The average Bonchev–Trinajstić information content (AvgIpc) is 2.37. The van der Waals surface area contributed by atoms with Crippen LogP contribution >= 0.6 is 0 Å². The molecule has 1 fully saturated rings. The summed E-state index contributed by atoms with van der Waals surface area (Å²) in [7, 11) is -3.27. The molecule has 0 radical (unpaired) electrons. The topological polar surface area (TPSA) is 52.7 Å². The number of likely N-dealkylation sites (tertiary alicyclic amines) is 1. The Morgan fingerprint density at radius 3 is 2.53 bits per heavy atom. The molecule has 1 unspecified atom stereocenters. The van der Waals surface area contributed by atoms with Crippen LogP contribution in [0.5, 0.6) is 0 Å². The highest BCUT2D eigenvalue weighted by molar-refractivity contribution is 7.87. The van der Waals surface area contributed by atoms with Gasteiger partial charge in [0.25, 0.3) is 10.2 Å². The fourth-order valence-electron chi connectivity index (χ4n) is 2.63. The summed E-state index contributed by atoms with van der Waals surface area (Å²) in [5.41, 5.74) is 0. The lowest BCUT2D eigenvalue weighted by atomic mass is 10.0. The summed E-state index contributed by atoms with van der Waals surface area (Å²) >= 11 is 0. The highest BCUT2D eigenvalue weighted by Crippen LogP contribution is 2.16. The molecule has 0 bridgehead atoms. The van der Waals surface area contributed by atoms with Crippen LogP contribution in [0, 0.1) is 0 Å². The Hall–Kier alpha value is -0.170. The molecule has 1 saturated heterocycles. The normalized spacial score (nSPS) is 22.0. The Balaban J connectivity index is 2.26. The zero-order valence-corrected chi connectivity index (χ0v) is 13.4. The second kappa shape index (κ2) is 8.19. The predicted molar refractivity (Wildman–Crippen MR) is 79.3 cm³/mol. The molecular weight excluding hydrogens is 262 g/mol. The Morgan fingerprint density at radius 2 is 1.95 bits per heavy atom. The Bertz CT molecular complexity index is 342. The number of piperidine rings is 1. The van der Waals surface area contributed by atoms with E-state index in [-0.39, 0.29) is 0 Å². The van der Waals surface area contributed by atoms with Crippen LogP contribution in [-0.2, 0) is 10.2 Å². The number of hydrogen-bond acceptors (Lipinski definition) is 3. The maximum Gasteiger partial charge on any atom is 0.279 e. The number of rotatable bonds is 8. The molecule has 0 saturated carbocycles. The largest absolute Gasteiger partial charge is 0.301 e. The van der Waals surface area contributed by atoms with Crippen molar-refractivity contribution >= 4 is 10.2 Å². The molecule has 19 heavy (non-hydrogen) atoms. The molecule has 114 valence electrons. The fraction of sp³-hybridized carbons (Fsp3) is 1.00. The van der Waals surface area contributed by atoms with E-state index in [0.29, 0.717) is 25.7 Å². The first-order valence-electron chi connectivity index (χ1n) is 7.50. The molecule has 1 atom stereocenters. The molecule has 0 aromatic heterocycles. The number of hydrogen-bond donors (Lipinski definition) is 1. The molecule has 0 aliphatic carbocycles. The number of nitrogens with zero attached hydrogens (tertiary/aromatic N) is 2. The van der Waals surface area contributed by atoms with E-state index in [9.17, 15) is 8.42 Å². The molecule has 1 heterocycles. The van der Waals surface area contributed by atoms with Gasteiger partial charge in [-0.15, -0.1) is 0 Å². The summed E-state index contributed by atoms with van der Waals surface area (Å²) in [6.07, 6.45) is 4.75. The van der Waals surface area contributed by atoms with Crippen LogP contribution in [0.4, 0.5) is 0 Å². The SMILES string of the molecule is CCN(CC)S(=O)(=O)NCCCN1CCCCC1C. The summed E-state index contributed by atoms with van der Waals surface area (Å²) < 4.78 is 28.0. The van der Waals surface area contributed by atoms with Gasteiger partial charge in [0.2, 0.25) is 0 Å². The lowest BCUT2D eigenvalue weighted by Crippen LogP contribution is -2.42. The van der Waals surface area contributed by atoms with E-state index in [1.54, 1.807) is 0 Å². The van der Waals surface area contributed by atoms with E-state index in [2.05, 4.69) is 16.5 Å². The Morgan fingerprint density at radius 1 is 1.26 bits per heavy atom. The highest BCUT2D eigenvalue weighted by atomic mass is 32.2. The molecule has 1 N–H and O–H groups in total. The first kappa shape index (κ1) is 16.9. The third-order valence-electron chi connectivity index (χ3n) is 3.89. The van der Waals surface area contributed by atoms with Crippen molar-refractivity contribution in [3.05, 3.63) is 0 Å². The molecular formula is C13H29N3O2S. The van der Waals surface area contributed by atoms with Crippen molar-refractivity contribution in [2.24, 2.45) is 0 Å². The minimum atomic E-state index is -3.27. The van der Waals surface area contributed by atoms with Crippen LogP contribution < -0.4 is 4.72 Å². The zero-order valence-electron chi connectivity index (χ0n) is 12.6. The Labute approximate surface area is 118 Å². The van der Waals surface area contributed by atoms with Crippen LogP contribution in [0.25, 0.3) is 0 Å². The summed E-state index contributed by atoms with van der Waals surface area (Å²) in [5, 5.41) is 0. The smallest absolute Gasteiger partial charge is 0.279 e. The predicted octanol–water partition coefficient (Wildman–Crippen LogP) is 1.43. The molecule has 0 amide bonds. The van der Waals surface area contributed by atoms with Gasteiger partial charge < -0.3 is 4.90 Å². The molecule has 1 aliphatic rings. The van der Waals surface area contributed by atoms with E-state index < -0.39 is 10.2 Å². The van der Waals surface area contributed by atoms with Crippen LogP contribution in [0.2, 0.25) is 0 Å². The van der Waals surface area contributed by atoms with Crippen LogP contribution in [0.1, 0.15) is 46.5 Å². The third kappa shape index (κ3) is 5.38. The second-order valence-electron chi connectivity index (χ2n) is 5.22. The third-order valence-corrected chi connectivity index (χ3v) is 5.66. The van der Waals surface area contributed by atoms with Gasteiger partial charge in [-0.1, -0.05) is 20.3 Å². The van der Waals surface area contributed by atoms with Gasteiger partial charge in [0, 0.05) is 25.7 Å². The van der Waals surface area contributed by atoms with Gasteiger partial charge >= 0.3 is 0 Å². The van der Waals surface area contributed by atoms with Gasteiger partial charge in [0.15, 0.2) is 0 Å². The quantitative estimate of drug-likeness (QED) is 0.688. The van der Waals surface area contributed by atoms with Crippen LogP contribution in [0.3, 0.4) is 0 Å². The summed E-state index contributed by atoms with van der Waals surface area (Å²) in [4.78, 5) is 2.47. The summed E-state index contributed by atoms with van der Waals surface area (Å²) in [6.45, 7) is 9.70. The minimum Gasteiger partial charge on any atom is -0.301 e. The van der Waals surface area contributed by atoms with Crippen molar-refractivity contribution in [1.29, 1.82) is 0 Å². The standard InChI is InChI=1S/C13H29N3O2S/c1-4-16(5-2)19(17,18)14-10-8-12-15-11-7-6-9-13(15)3/h13-14H,4-12H2,1-3H3. The first-order valence-corrected chi connectivity index (χ1v) is 8.94. The van der Waals surface area contributed by atoms with Crippen molar-refractivity contribution in [2.75, 3.05) is 32.7 Å². The molecule has 6 heteroatoms. The molecule has 0 spiro atoms. The van der Waals surface area contributed by atoms with E-state index in [1.807, 2.05) is 13.8 Å². The van der Waals surface area contributed by atoms with E-state index in [4.69, 9.17) is 0 Å². The molecule has 0 aromatic rings. The monoisotopic (exact) mass is 291 g/mol. The van der Waals surface area contributed by atoms with Crippen molar-refractivity contribution in [2.45, 2.75) is 52.5 Å². The highest BCUT2D eigenvalue weighted by Gasteiger charge is 2.19. The molecule has 5 nitrogen and oxygen atoms in total. The second-order valence-corrected chi connectivity index (χ2v) is 6.97. The zero-order chi connectivity index (χ0) is 14.3. The van der Waals surface area contributed by atoms with Crippen molar-refractivity contribution < 1.29 is 8.42 Å².